The van der Waals surface area contributed by atoms with Crippen LogP contribution in [0.1, 0.15) is 38.5 Å². The van der Waals surface area contributed by atoms with Crippen LogP contribution in [0.5, 0.6) is 0 Å². The molecule has 82 valence electrons. The van der Waals surface area contributed by atoms with Crippen molar-refractivity contribution in [2.45, 2.75) is 44.6 Å². The van der Waals surface area contributed by atoms with Gasteiger partial charge in [0.05, 0.1) is 0 Å². The van der Waals surface area contributed by atoms with Gasteiger partial charge in [-0.3, -0.25) is 0 Å². The van der Waals surface area contributed by atoms with Gasteiger partial charge in [-0.2, -0.15) is 0 Å². The topological polar surface area (TPSA) is 21.3 Å². The van der Waals surface area contributed by atoms with E-state index in [1.165, 1.54) is 45.1 Å². The average Bonchev–Trinajstić information content (AvgIpc) is 2.61. The van der Waals surface area contributed by atoms with Gasteiger partial charge in [0.1, 0.15) is 0 Å². The van der Waals surface area contributed by atoms with E-state index in [9.17, 15) is 0 Å². The van der Waals surface area contributed by atoms with Crippen molar-refractivity contribution < 1.29 is 4.74 Å². The van der Waals surface area contributed by atoms with Gasteiger partial charge in [0, 0.05) is 19.8 Å². The normalized spacial score (nSPS) is 30.2. The first-order valence-electron chi connectivity index (χ1n) is 6.14. The molecule has 2 heteroatoms. The molecule has 0 amide bonds. The van der Waals surface area contributed by atoms with Gasteiger partial charge in [0.25, 0.3) is 0 Å². The van der Waals surface area contributed by atoms with E-state index in [-0.39, 0.29) is 0 Å². The van der Waals surface area contributed by atoms with Crippen molar-refractivity contribution in [2.75, 3.05) is 20.3 Å². The Morgan fingerprint density at radius 1 is 1.29 bits per heavy atom. The Kier molecular flexibility index (Phi) is 3.82. The Labute approximate surface area is 87.4 Å². The molecule has 2 fully saturated rings. The molecule has 1 aliphatic heterocycles. The maximum Gasteiger partial charge on any atom is 0.0465 e. The Morgan fingerprint density at radius 3 is 2.50 bits per heavy atom. The minimum Gasteiger partial charge on any atom is -0.385 e. The van der Waals surface area contributed by atoms with E-state index in [4.69, 9.17) is 4.74 Å². The number of rotatable bonds is 5. The molecule has 2 nitrogen and oxygen atoms in total. The molecular weight excluding hydrogens is 174 g/mol. The zero-order valence-corrected chi connectivity index (χ0v) is 9.30. The fraction of sp³-hybridized carbons (Fsp3) is 1.00. The van der Waals surface area contributed by atoms with Gasteiger partial charge in [0.15, 0.2) is 0 Å². The molecule has 2 rings (SSSR count). The molecule has 2 aliphatic rings. The summed E-state index contributed by atoms with van der Waals surface area (Å²) in [7, 11) is 1.82. The molecule has 14 heavy (non-hydrogen) atoms. The van der Waals surface area contributed by atoms with E-state index in [2.05, 4.69) is 5.32 Å². The first-order valence-corrected chi connectivity index (χ1v) is 6.14. The summed E-state index contributed by atoms with van der Waals surface area (Å²) >= 11 is 0. The van der Waals surface area contributed by atoms with Crippen LogP contribution in [0.3, 0.4) is 0 Å². The second kappa shape index (κ2) is 5.13. The lowest BCUT2D eigenvalue weighted by Crippen LogP contribution is -2.50. The minimum absolute atomic E-state index is 0.813. The highest BCUT2D eigenvalue weighted by Gasteiger charge is 2.33. The molecule has 0 radical (unpaired) electrons. The molecule has 0 aromatic carbocycles. The second-order valence-electron chi connectivity index (χ2n) is 4.84. The number of nitrogens with one attached hydrogen (secondary N) is 1. The molecule has 1 heterocycles. The van der Waals surface area contributed by atoms with Crippen molar-refractivity contribution >= 4 is 0 Å². The minimum atomic E-state index is 0.813. The van der Waals surface area contributed by atoms with Crippen molar-refractivity contribution in [1.29, 1.82) is 0 Å². The third-order valence-electron chi connectivity index (χ3n) is 4.04. The van der Waals surface area contributed by atoms with Crippen molar-refractivity contribution in [3.05, 3.63) is 0 Å². The fourth-order valence-electron chi connectivity index (χ4n) is 3.08. The first kappa shape index (κ1) is 10.4. The summed E-state index contributed by atoms with van der Waals surface area (Å²) in [6, 6.07) is 0.813. The van der Waals surface area contributed by atoms with Gasteiger partial charge in [-0.05, 0) is 31.2 Å². The highest BCUT2D eigenvalue weighted by atomic mass is 16.5. The molecule has 2 unspecified atom stereocenters. The van der Waals surface area contributed by atoms with Crippen LogP contribution < -0.4 is 5.32 Å². The second-order valence-corrected chi connectivity index (χ2v) is 4.84. The molecule has 1 saturated carbocycles. The van der Waals surface area contributed by atoms with Crippen molar-refractivity contribution in [3.8, 4) is 0 Å². The Bertz CT molecular complexity index is 162. The highest BCUT2D eigenvalue weighted by Crippen LogP contribution is 2.37. The van der Waals surface area contributed by atoms with Gasteiger partial charge >= 0.3 is 0 Å². The van der Waals surface area contributed by atoms with Crippen LogP contribution in [-0.4, -0.2) is 26.3 Å². The van der Waals surface area contributed by atoms with Gasteiger partial charge in [-0.25, -0.2) is 0 Å². The lowest BCUT2D eigenvalue weighted by atomic mass is 9.78. The Hall–Kier alpha value is -0.0800. The van der Waals surface area contributed by atoms with Crippen LogP contribution in [-0.2, 0) is 4.74 Å². The van der Waals surface area contributed by atoms with E-state index < -0.39 is 0 Å². The van der Waals surface area contributed by atoms with E-state index in [0.717, 1.165) is 24.5 Å². The van der Waals surface area contributed by atoms with Gasteiger partial charge in [-0.15, -0.1) is 0 Å². The van der Waals surface area contributed by atoms with Crippen LogP contribution in [0.2, 0.25) is 0 Å². The van der Waals surface area contributed by atoms with Crippen LogP contribution >= 0.6 is 0 Å². The molecule has 0 aromatic heterocycles. The van der Waals surface area contributed by atoms with Crippen LogP contribution in [0, 0.1) is 11.8 Å². The standard InChI is InChI=1S/C12H23NO/c1-14-9-7-11(12-6-8-13-12)10-4-2-3-5-10/h10-13H,2-9H2,1H3. The van der Waals surface area contributed by atoms with Crippen LogP contribution in [0.4, 0.5) is 0 Å². The zero-order valence-electron chi connectivity index (χ0n) is 9.30. The Balaban J connectivity index is 1.83. The molecule has 0 bridgehead atoms. The molecule has 2 atom stereocenters. The number of hydrogen-bond donors (Lipinski definition) is 1. The first-order chi connectivity index (χ1) is 6.92. The van der Waals surface area contributed by atoms with Gasteiger partial charge in [-0.1, -0.05) is 25.7 Å². The molecule has 0 spiro atoms. The maximum atomic E-state index is 5.22. The lowest BCUT2D eigenvalue weighted by molar-refractivity contribution is 0.120. The van der Waals surface area contributed by atoms with E-state index in [0.29, 0.717) is 0 Å². The predicted molar refractivity (Wildman–Crippen MR) is 58.3 cm³/mol. The monoisotopic (exact) mass is 197 g/mol. The van der Waals surface area contributed by atoms with E-state index in [1.54, 1.807) is 0 Å². The molecule has 1 N–H and O–H groups in total. The smallest absolute Gasteiger partial charge is 0.0465 e. The summed E-state index contributed by atoms with van der Waals surface area (Å²) in [6.45, 7) is 2.18. The van der Waals surface area contributed by atoms with E-state index in [1.807, 2.05) is 7.11 Å². The summed E-state index contributed by atoms with van der Waals surface area (Å²) in [5.74, 6) is 1.88. The number of methoxy groups -OCH3 is 1. The Morgan fingerprint density at radius 2 is 2.00 bits per heavy atom. The summed E-state index contributed by atoms with van der Waals surface area (Å²) < 4.78 is 5.22. The number of ether oxygens (including phenoxy) is 1. The molecule has 0 aromatic rings. The fourth-order valence-corrected chi connectivity index (χ4v) is 3.08. The zero-order chi connectivity index (χ0) is 9.80. The summed E-state index contributed by atoms with van der Waals surface area (Å²) in [5.41, 5.74) is 0. The SMILES string of the molecule is COCCC(C1CCCC1)C1CCN1. The van der Waals surface area contributed by atoms with Crippen molar-refractivity contribution in [3.63, 3.8) is 0 Å². The highest BCUT2D eigenvalue weighted by molar-refractivity contribution is 4.89. The third-order valence-corrected chi connectivity index (χ3v) is 4.04. The third kappa shape index (κ3) is 2.29. The number of hydrogen-bond acceptors (Lipinski definition) is 2. The molecular formula is C12H23NO. The molecule has 1 saturated heterocycles. The van der Waals surface area contributed by atoms with Gasteiger partial charge in [0.2, 0.25) is 0 Å². The molecule has 1 aliphatic carbocycles. The quantitative estimate of drug-likeness (QED) is 0.729. The van der Waals surface area contributed by atoms with E-state index >= 15 is 0 Å². The lowest BCUT2D eigenvalue weighted by Gasteiger charge is -2.38. The van der Waals surface area contributed by atoms with Crippen LogP contribution in [0.25, 0.3) is 0 Å². The van der Waals surface area contributed by atoms with Crippen molar-refractivity contribution in [1.82, 2.24) is 5.32 Å². The average molecular weight is 197 g/mol. The summed E-state index contributed by atoms with van der Waals surface area (Å²) in [4.78, 5) is 0. The maximum absolute atomic E-state index is 5.22. The van der Waals surface area contributed by atoms with Gasteiger partial charge < -0.3 is 10.1 Å². The summed E-state index contributed by atoms with van der Waals surface area (Å²) in [5, 5.41) is 3.58. The van der Waals surface area contributed by atoms with Crippen molar-refractivity contribution in [2.24, 2.45) is 11.8 Å². The largest absolute Gasteiger partial charge is 0.385 e. The summed E-state index contributed by atoms with van der Waals surface area (Å²) in [6.07, 6.45) is 8.50. The van der Waals surface area contributed by atoms with Crippen LogP contribution in [0.15, 0.2) is 0 Å². The predicted octanol–water partition coefficient (Wildman–Crippen LogP) is 2.19.